The molecule has 4 heterocycles. The fraction of sp³-hybridized carbons (Fsp3) is 0.595. The molecule has 8 N–H and O–H groups in total. The Kier molecular flexibility index (Phi) is 29.6. The quantitative estimate of drug-likeness (QED) is 0.0490. The molecule has 0 saturated heterocycles. The average molecular weight is 844 g/mol. The van der Waals surface area contributed by atoms with Gasteiger partial charge in [-0.3, -0.25) is 20.0 Å². The van der Waals surface area contributed by atoms with Gasteiger partial charge in [0.2, 0.25) is 5.95 Å². The number of aromatic amines is 2. The van der Waals surface area contributed by atoms with Gasteiger partial charge in [0.05, 0.1) is 11.8 Å². The van der Waals surface area contributed by atoms with Crippen molar-refractivity contribution in [2.24, 2.45) is 39.4 Å². The molecule has 0 aromatic carbocycles. The maximum Gasteiger partial charge on any atom is 0.430 e. The summed E-state index contributed by atoms with van der Waals surface area (Å²) in [5.41, 5.74) is 15.6. The number of H-pyrrole nitrogens is 2. The summed E-state index contributed by atoms with van der Waals surface area (Å²) in [5, 5.41) is 14.3. The maximum absolute atomic E-state index is 10.7. The zero-order valence-corrected chi connectivity index (χ0v) is 39.4. The summed E-state index contributed by atoms with van der Waals surface area (Å²) in [6.45, 7) is 32.3. The first-order valence-electron chi connectivity index (χ1n) is 19.7. The Morgan fingerprint density at radius 3 is 1.72 bits per heavy atom. The van der Waals surface area contributed by atoms with Crippen molar-refractivity contribution in [2.45, 2.75) is 141 Å². The number of hydrogen-bond acceptors (Lipinski definition) is 12. The molecular formula is C42H73N11O3S2. The van der Waals surface area contributed by atoms with Crippen LogP contribution in [0.1, 0.15) is 145 Å². The molecular weight excluding hydrogens is 771 g/mol. The fourth-order valence-electron chi connectivity index (χ4n) is 4.34. The van der Waals surface area contributed by atoms with E-state index in [1.54, 1.807) is 13.1 Å². The summed E-state index contributed by atoms with van der Waals surface area (Å²) >= 11 is 6.33. The highest BCUT2D eigenvalue weighted by molar-refractivity contribution is 8.14. The normalized spacial score (nSPS) is 12.1. The topological polar surface area (TPSA) is 226 Å². The highest BCUT2D eigenvalue weighted by Crippen LogP contribution is 2.13. The number of hydrogen-bond donors (Lipinski definition) is 6. The van der Waals surface area contributed by atoms with E-state index in [0.29, 0.717) is 33.7 Å². The zero-order valence-electron chi connectivity index (χ0n) is 37.8. The number of amidine groups is 1. The summed E-state index contributed by atoms with van der Waals surface area (Å²) in [5.74, 6) is 3.98. The van der Waals surface area contributed by atoms with Crippen LogP contribution in [0.4, 0.5) is 10.7 Å². The Morgan fingerprint density at radius 1 is 0.879 bits per heavy atom. The fourth-order valence-corrected chi connectivity index (χ4v) is 5.15. The van der Waals surface area contributed by atoms with E-state index in [-0.39, 0.29) is 29.6 Å². The van der Waals surface area contributed by atoms with Crippen molar-refractivity contribution < 1.29 is 14.4 Å². The molecule has 4 rings (SSSR count). The van der Waals surface area contributed by atoms with Gasteiger partial charge in [-0.1, -0.05) is 100 Å². The minimum Gasteiger partial charge on any atom is -0.352 e. The molecule has 58 heavy (non-hydrogen) atoms. The lowest BCUT2D eigenvalue weighted by atomic mass is 9.98. The van der Waals surface area contributed by atoms with Crippen LogP contribution in [0, 0.1) is 27.9 Å². The van der Waals surface area contributed by atoms with Crippen molar-refractivity contribution >= 4 is 58.4 Å². The first kappa shape index (κ1) is 55.8. The number of carbonyl (C=O) groups is 2. The summed E-state index contributed by atoms with van der Waals surface area (Å²) in [4.78, 5) is 47.6. The minimum absolute atomic E-state index is 0.0787. The summed E-state index contributed by atoms with van der Waals surface area (Å²) in [7, 11) is 0. The monoisotopic (exact) mass is 844 g/mol. The highest BCUT2D eigenvalue weighted by Gasteiger charge is 2.12. The summed E-state index contributed by atoms with van der Waals surface area (Å²) < 4.78 is 0.707. The molecule has 16 heteroatoms. The number of thioether (sulfide) groups is 1. The number of primary amides is 1. The van der Waals surface area contributed by atoms with E-state index in [0.717, 1.165) is 28.8 Å². The van der Waals surface area contributed by atoms with Crippen molar-refractivity contribution in [3.05, 3.63) is 64.7 Å². The molecule has 1 aliphatic heterocycles. The first-order valence-corrected chi connectivity index (χ1v) is 21.1. The number of amides is 1. The third kappa shape index (κ3) is 28.2. The molecule has 1 aliphatic rings. The number of imidazole rings is 1. The smallest absolute Gasteiger partial charge is 0.352 e. The van der Waals surface area contributed by atoms with Crippen molar-refractivity contribution in [3.63, 3.8) is 0 Å². The summed E-state index contributed by atoms with van der Waals surface area (Å²) in [6, 6.07) is 6.13. The van der Waals surface area contributed by atoms with Crippen LogP contribution in [0.25, 0.3) is 0 Å². The number of Topliss-reactive ketones (excluding diaryl/α,β-unsaturated/α-hetero) is 1. The zero-order chi connectivity index (χ0) is 45.1. The van der Waals surface area contributed by atoms with E-state index in [4.69, 9.17) is 29.1 Å². The van der Waals surface area contributed by atoms with Gasteiger partial charge in [0.25, 0.3) is 0 Å². The van der Waals surface area contributed by atoms with Crippen molar-refractivity contribution in [2.75, 3.05) is 11.1 Å². The number of ketones is 1. The second-order valence-corrected chi connectivity index (χ2v) is 16.9. The van der Waals surface area contributed by atoms with E-state index in [2.05, 4.69) is 101 Å². The lowest BCUT2D eigenvalue weighted by molar-refractivity contribution is -0.122. The Morgan fingerprint density at radius 2 is 1.45 bits per heavy atom. The molecule has 14 nitrogen and oxygen atoms in total. The van der Waals surface area contributed by atoms with Gasteiger partial charge in [-0.25, -0.2) is 19.8 Å². The van der Waals surface area contributed by atoms with E-state index in [1.165, 1.54) is 23.0 Å². The van der Waals surface area contributed by atoms with Crippen molar-refractivity contribution in [1.29, 1.82) is 5.41 Å². The van der Waals surface area contributed by atoms with Gasteiger partial charge in [-0.15, -0.1) is 0 Å². The Balaban J connectivity index is 0. The molecule has 326 valence electrons. The molecule has 0 radical (unpaired) electrons. The van der Waals surface area contributed by atoms with Crippen LogP contribution in [0.15, 0.2) is 53.1 Å². The Labute approximate surface area is 357 Å². The van der Waals surface area contributed by atoms with E-state index >= 15 is 0 Å². The van der Waals surface area contributed by atoms with Gasteiger partial charge >= 0.3 is 6.09 Å². The second kappa shape index (κ2) is 30.8. The number of aliphatic imine (C=N–C) groups is 1. The Hall–Kier alpha value is -4.28. The molecule has 3 aromatic heterocycles. The largest absolute Gasteiger partial charge is 0.430 e. The van der Waals surface area contributed by atoms with E-state index < -0.39 is 6.09 Å². The lowest BCUT2D eigenvalue weighted by Crippen LogP contribution is -2.30. The average Bonchev–Trinajstić information content (AvgIpc) is 3.75. The van der Waals surface area contributed by atoms with Gasteiger partial charge in [-0.05, 0) is 93.3 Å². The molecule has 1 amide bonds. The number of anilines is 1. The molecule has 3 aromatic rings. The molecule has 0 bridgehead atoms. The van der Waals surface area contributed by atoms with Crippen LogP contribution in [-0.2, 0) is 9.63 Å². The van der Waals surface area contributed by atoms with Gasteiger partial charge in [0, 0.05) is 59.6 Å². The second-order valence-electron chi connectivity index (χ2n) is 15.6. The molecule has 1 unspecified atom stereocenters. The molecule has 0 saturated carbocycles. The van der Waals surface area contributed by atoms with Crippen LogP contribution in [-0.4, -0.2) is 71.2 Å². The third-order valence-corrected chi connectivity index (χ3v) is 8.60. The van der Waals surface area contributed by atoms with Crippen LogP contribution in [0.3, 0.4) is 0 Å². The number of nitrogens with zero attached hydrogens (tertiary/aromatic N) is 5. The lowest BCUT2D eigenvalue weighted by Gasteiger charge is -2.11. The van der Waals surface area contributed by atoms with Crippen LogP contribution in [0.5, 0.6) is 0 Å². The molecule has 0 fully saturated rings. The van der Waals surface area contributed by atoms with Gasteiger partial charge in [0.15, 0.2) is 15.7 Å². The number of oxime groups is 1. The highest BCUT2D eigenvalue weighted by atomic mass is 32.2. The predicted octanol–water partition coefficient (Wildman–Crippen LogP) is 10.3. The van der Waals surface area contributed by atoms with Crippen molar-refractivity contribution in [3.8, 4) is 0 Å². The molecule has 1 atom stereocenters. The number of nitrogens with one attached hydrogen (secondary N) is 4. The Bertz CT molecular complexity index is 1690. The van der Waals surface area contributed by atoms with Gasteiger partial charge in [0.1, 0.15) is 0 Å². The SMILES string of the molecule is CC(C)C(=NOC(N)=O)C(C)C.CC(C)C(=O)C(C)N.CC(C)Nc1nccc(C(C)C)n1.CC(C)c1c[nH]c(=S)[nH]1.CC(C)c1ccncc1.CC1=NC(=N)SC1. The van der Waals surface area contributed by atoms with Gasteiger partial charge < -0.3 is 26.8 Å². The van der Waals surface area contributed by atoms with E-state index in [9.17, 15) is 9.59 Å². The number of nitrogens with two attached hydrogens (primary N) is 2. The maximum atomic E-state index is 10.7. The van der Waals surface area contributed by atoms with Crippen LogP contribution < -0.4 is 16.8 Å². The molecule has 0 aliphatic carbocycles. The first-order chi connectivity index (χ1) is 26.9. The standard InChI is InChI=1S/C10H17N3.C8H16N2O2.C8H11N.C6H10N2S.C6H13NO.C4H6N2S/c1-7(2)9-5-6-11-10(13-9)12-8(3)4;1-5(2)7(6(3)4)10-12-8(9)11;1-7(2)8-3-5-9-6-4-8;1-4(2)5-3-7-6(9)8-5;1-4(2)6(8)5(3)7;1-3-2-7-4(5)6-3/h5-8H,1-4H3,(H,11,12,13);5-6H,1-4H3,(H2,9,11);3-7H,1-2H3;3-4H,1-2H3,(H2,7,8,9);4-5H,7H2,1-3H3;5H,2H2,1H3. The van der Waals surface area contributed by atoms with Crippen LogP contribution >= 0.6 is 24.0 Å². The molecule has 0 spiro atoms. The minimum atomic E-state index is -0.867. The number of rotatable bonds is 10. The van der Waals surface area contributed by atoms with Crippen LogP contribution in [0.2, 0.25) is 0 Å². The predicted molar refractivity (Wildman–Crippen MR) is 248 cm³/mol. The third-order valence-electron chi connectivity index (χ3n) is 7.45. The number of pyridine rings is 1. The van der Waals surface area contributed by atoms with Crippen molar-refractivity contribution in [1.82, 2.24) is 24.9 Å². The number of aromatic nitrogens is 5. The van der Waals surface area contributed by atoms with Gasteiger partial charge in [-0.2, -0.15) is 0 Å². The number of carbonyl (C=O) groups excluding carboxylic acids is 2. The van der Waals surface area contributed by atoms with E-state index in [1.807, 2.05) is 85.3 Å². The summed E-state index contributed by atoms with van der Waals surface area (Å²) in [6.07, 6.45) is 6.50.